The van der Waals surface area contributed by atoms with E-state index in [-0.39, 0.29) is 5.54 Å². The Labute approximate surface area is 180 Å². The number of nitrogens with zero attached hydrogens (tertiary/aromatic N) is 7. The molecule has 0 radical (unpaired) electrons. The van der Waals surface area contributed by atoms with Gasteiger partial charge in [-0.15, -0.1) is 10.2 Å². The van der Waals surface area contributed by atoms with Crippen molar-refractivity contribution in [3.8, 4) is 27.8 Å². The number of rotatable bonds is 5. The highest BCUT2D eigenvalue weighted by Crippen LogP contribution is 2.31. The lowest BCUT2D eigenvalue weighted by Crippen LogP contribution is -2.45. The van der Waals surface area contributed by atoms with Gasteiger partial charge in [-0.25, -0.2) is 15.0 Å². The Bertz CT molecular complexity index is 1010. The van der Waals surface area contributed by atoms with Crippen molar-refractivity contribution in [2.45, 2.75) is 45.7 Å². The van der Waals surface area contributed by atoms with Gasteiger partial charge in [-0.05, 0) is 57.8 Å². The van der Waals surface area contributed by atoms with Crippen molar-refractivity contribution in [3.05, 3.63) is 24.2 Å². The van der Waals surface area contributed by atoms with Crippen LogP contribution in [0.1, 0.15) is 33.0 Å². The molecule has 0 bridgehead atoms. The normalized spacial score (nSPS) is 16.8. The van der Waals surface area contributed by atoms with E-state index in [9.17, 15) is 0 Å². The van der Waals surface area contributed by atoms with Crippen LogP contribution in [0.4, 0.5) is 5.95 Å². The van der Waals surface area contributed by atoms with E-state index in [1.54, 1.807) is 13.3 Å². The van der Waals surface area contributed by atoms with Crippen LogP contribution in [0, 0.1) is 6.92 Å². The largest absolute Gasteiger partial charge is 0.480 e. The Morgan fingerprint density at radius 3 is 2.63 bits per heavy atom. The topological polar surface area (TPSA) is 102 Å². The van der Waals surface area contributed by atoms with Crippen LogP contribution in [0.2, 0.25) is 0 Å². The summed E-state index contributed by atoms with van der Waals surface area (Å²) in [4.78, 5) is 15.7. The number of hydrogen-bond donors (Lipinski definition) is 1. The number of pyridine rings is 1. The number of aryl methyl sites for hydroxylation is 1. The van der Waals surface area contributed by atoms with Gasteiger partial charge in [0.15, 0.2) is 0 Å². The van der Waals surface area contributed by atoms with E-state index in [2.05, 4.69) is 60.5 Å². The van der Waals surface area contributed by atoms with Crippen LogP contribution in [0.15, 0.2) is 18.3 Å². The third-order valence-corrected chi connectivity index (χ3v) is 5.57. The maximum Gasteiger partial charge on any atom is 0.245 e. The van der Waals surface area contributed by atoms with Gasteiger partial charge >= 0.3 is 0 Å². The minimum absolute atomic E-state index is 0.0912. The molecule has 10 heteroatoms. The summed E-state index contributed by atoms with van der Waals surface area (Å²) in [6, 6.07) is 4.22. The number of anilines is 1. The Kier molecular flexibility index (Phi) is 5.61. The quantitative estimate of drug-likeness (QED) is 0.660. The SMILES string of the molecule is COc1nc(-c2cnc(N3CC[C@H](NC(C)(C)C)C3)nn2)ccc1-c1nc(C)ns1. The Morgan fingerprint density at radius 1 is 1.17 bits per heavy atom. The van der Waals surface area contributed by atoms with Crippen molar-refractivity contribution in [3.63, 3.8) is 0 Å². The first-order valence-corrected chi connectivity index (χ1v) is 10.7. The van der Waals surface area contributed by atoms with E-state index >= 15 is 0 Å². The van der Waals surface area contributed by atoms with Gasteiger partial charge in [0.2, 0.25) is 11.8 Å². The molecule has 158 valence electrons. The van der Waals surface area contributed by atoms with E-state index in [4.69, 9.17) is 4.74 Å². The second-order valence-electron chi connectivity index (χ2n) is 8.37. The van der Waals surface area contributed by atoms with Gasteiger partial charge in [-0.1, -0.05) is 0 Å². The first-order valence-electron chi connectivity index (χ1n) is 9.91. The van der Waals surface area contributed by atoms with Crippen LogP contribution in [0.5, 0.6) is 5.88 Å². The molecule has 1 fully saturated rings. The number of aromatic nitrogens is 6. The zero-order valence-corrected chi connectivity index (χ0v) is 18.7. The van der Waals surface area contributed by atoms with Gasteiger partial charge in [0.1, 0.15) is 16.5 Å². The highest BCUT2D eigenvalue weighted by molar-refractivity contribution is 7.09. The van der Waals surface area contributed by atoms with E-state index in [1.165, 1.54) is 11.5 Å². The fourth-order valence-electron chi connectivity index (χ4n) is 3.51. The predicted octanol–water partition coefficient (Wildman–Crippen LogP) is 2.74. The van der Waals surface area contributed by atoms with Crippen LogP contribution in [-0.4, -0.2) is 61.3 Å². The molecule has 3 aromatic rings. The maximum atomic E-state index is 5.47. The minimum Gasteiger partial charge on any atom is -0.480 e. The molecule has 0 spiro atoms. The van der Waals surface area contributed by atoms with Crippen LogP contribution < -0.4 is 15.0 Å². The van der Waals surface area contributed by atoms with Gasteiger partial charge in [-0.2, -0.15) is 4.37 Å². The molecule has 0 amide bonds. The monoisotopic (exact) mass is 426 g/mol. The summed E-state index contributed by atoms with van der Waals surface area (Å²) < 4.78 is 9.70. The summed E-state index contributed by atoms with van der Waals surface area (Å²) in [5.74, 6) is 1.85. The van der Waals surface area contributed by atoms with Gasteiger partial charge in [0.05, 0.1) is 24.6 Å². The Balaban J connectivity index is 1.50. The molecule has 9 nitrogen and oxygen atoms in total. The minimum atomic E-state index is 0.0912. The fourth-order valence-corrected chi connectivity index (χ4v) is 4.20. The van der Waals surface area contributed by atoms with Crippen molar-refractivity contribution >= 4 is 17.5 Å². The molecule has 1 aliphatic rings. The van der Waals surface area contributed by atoms with Crippen LogP contribution >= 0.6 is 11.5 Å². The molecule has 0 aromatic carbocycles. The molecule has 0 unspecified atom stereocenters. The molecule has 1 aliphatic heterocycles. The second kappa shape index (κ2) is 8.19. The van der Waals surface area contributed by atoms with E-state index in [1.807, 2.05) is 19.1 Å². The summed E-state index contributed by atoms with van der Waals surface area (Å²) >= 11 is 1.32. The summed E-state index contributed by atoms with van der Waals surface area (Å²) in [7, 11) is 1.59. The van der Waals surface area contributed by atoms with Crippen LogP contribution in [0.25, 0.3) is 22.0 Å². The highest BCUT2D eigenvalue weighted by Gasteiger charge is 2.27. The summed E-state index contributed by atoms with van der Waals surface area (Å²) in [5.41, 5.74) is 2.14. The summed E-state index contributed by atoms with van der Waals surface area (Å²) in [6.07, 6.45) is 2.77. The first-order chi connectivity index (χ1) is 14.3. The van der Waals surface area contributed by atoms with Crippen molar-refractivity contribution in [1.82, 2.24) is 34.8 Å². The van der Waals surface area contributed by atoms with Crippen molar-refractivity contribution in [2.24, 2.45) is 0 Å². The fraction of sp³-hybridized carbons (Fsp3) is 0.500. The van der Waals surface area contributed by atoms with Crippen molar-refractivity contribution in [1.29, 1.82) is 0 Å². The predicted molar refractivity (Wildman–Crippen MR) is 117 cm³/mol. The molecule has 1 saturated heterocycles. The van der Waals surface area contributed by atoms with Crippen molar-refractivity contribution in [2.75, 3.05) is 25.1 Å². The molecule has 1 atom stereocenters. The maximum absolute atomic E-state index is 5.47. The third kappa shape index (κ3) is 4.54. The van der Waals surface area contributed by atoms with E-state index in [0.29, 0.717) is 29.3 Å². The molecule has 4 heterocycles. The zero-order chi connectivity index (χ0) is 21.3. The Morgan fingerprint density at radius 2 is 2.00 bits per heavy atom. The summed E-state index contributed by atoms with van der Waals surface area (Å²) in [5, 5.41) is 13.1. The lowest BCUT2D eigenvalue weighted by Gasteiger charge is -2.25. The van der Waals surface area contributed by atoms with Gasteiger partial charge in [0, 0.05) is 24.7 Å². The first kappa shape index (κ1) is 20.5. The third-order valence-electron chi connectivity index (χ3n) is 4.73. The molecule has 0 aliphatic carbocycles. The number of methoxy groups -OCH3 is 1. The highest BCUT2D eigenvalue weighted by atomic mass is 32.1. The smallest absolute Gasteiger partial charge is 0.245 e. The number of ether oxygens (including phenoxy) is 1. The average Bonchev–Trinajstić information content (AvgIpc) is 3.35. The Hall–Kier alpha value is -2.72. The van der Waals surface area contributed by atoms with Crippen molar-refractivity contribution < 1.29 is 4.74 Å². The van der Waals surface area contributed by atoms with E-state index < -0.39 is 0 Å². The molecule has 0 saturated carbocycles. The lowest BCUT2D eigenvalue weighted by atomic mass is 10.1. The standard InChI is InChI=1S/C20H26N8OS/c1-12-22-18(30-27-12)14-6-7-15(23-17(14)29-5)16-10-21-19(26-25-16)28-9-8-13(11-28)24-20(2,3)4/h6-7,10,13,24H,8-9,11H2,1-5H3/t13-/m0/s1. The van der Waals surface area contributed by atoms with Crippen LogP contribution in [0.3, 0.4) is 0 Å². The summed E-state index contributed by atoms with van der Waals surface area (Å²) in [6.45, 7) is 10.2. The average molecular weight is 427 g/mol. The van der Waals surface area contributed by atoms with Gasteiger partial charge in [0.25, 0.3) is 0 Å². The number of hydrogen-bond acceptors (Lipinski definition) is 10. The second-order valence-corrected chi connectivity index (χ2v) is 9.12. The van der Waals surface area contributed by atoms with Crippen LogP contribution in [-0.2, 0) is 0 Å². The molecule has 3 aromatic heterocycles. The van der Waals surface area contributed by atoms with E-state index in [0.717, 1.165) is 35.9 Å². The lowest BCUT2D eigenvalue weighted by molar-refractivity contribution is 0.373. The van der Waals surface area contributed by atoms with Gasteiger partial charge in [-0.3, -0.25) is 0 Å². The molecule has 4 rings (SSSR count). The molecular weight excluding hydrogens is 400 g/mol. The number of nitrogens with one attached hydrogen (secondary N) is 1. The molecule has 1 N–H and O–H groups in total. The zero-order valence-electron chi connectivity index (χ0n) is 17.9. The molecule has 30 heavy (non-hydrogen) atoms. The van der Waals surface area contributed by atoms with Gasteiger partial charge < -0.3 is 15.0 Å². The molecular formula is C20H26N8OS.